The van der Waals surface area contributed by atoms with Gasteiger partial charge in [0.1, 0.15) is 11.4 Å². The topological polar surface area (TPSA) is 46.6 Å². The van der Waals surface area contributed by atoms with Gasteiger partial charge in [-0.15, -0.1) is 0 Å². The number of benzene rings is 4. The number of piperidine rings is 1. The molecule has 5 rings (SSSR count). The summed E-state index contributed by atoms with van der Waals surface area (Å²) in [6.07, 6.45) is 1.53. The maximum Gasteiger partial charge on any atom is 0.410 e. The van der Waals surface area contributed by atoms with Crippen LogP contribution in [-0.2, 0) is 9.53 Å². The molecule has 1 aliphatic heterocycles. The molecule has 0 radical (unpaired) electrons. The third-order valence-corrected chi connectivity index (χ3v) is 8.18. The van der Waals surface area contributed by atoms with Gasteiger partial charge in [-0.05, 0) is 67.3 Å². The van der Waals surface area contributed by atoms with Crippen LogP contribution >= 0.6 is 0 Å². The van der Waals surface area contributed by atoms with Crippen molar-refractivity contribution in [2.75, 3.05) is 13.1 Å². The molecule has 0 bridgehead atoms. The summed E-state index contributed by atoms with van der Waals surface area (Å²) in [6.45, 7) is 6.57. The van der Waals surface area contributed by atoms with Gasteiger partial charge in [-0.3, -0.25) is 4.79 Å². The Bertz CT molecular complexity index is 1420. The third kappa shape index (κ3) is 7.36. The van der Waals surface area contributed by atoms with Crippen molar-refractivity contribution < 1.29 is 14.3 Å². The van der Waals surface area contributed by atoms with Gasteiger partial charge in [-0.2, -0.15) is 0 Å². The number of carbonyl (C=O) groups excluding carboxylic acids is 2. The van der Waals surface area contributed by atoms with Crippen LogP contribution in [0.2, 0.25) is 0 Å². The second-order valence-electron chi connectivity index (χ2n) is 12.3. The molecule has 0 aromatic heterocycles. The van der Waals surface area contributed by atoms with Gasteiger partial charge in [0.15, 0.2) is 0 Å². The van der Waals surface area contributed by atoms with E-state index < -0.39 is 5.60 Å². The lowest BCUT2D eigenvalue weighted by Gasteiger charge is -2.39. The van der Waals surface area contributed by atoms with Gasteiger partial charge in [0, 0.05) is 31.3 Å². The van der Waals surface area contributed by atoms with Crippen LogP contribution in [0.1, 0.15) is 68.6 Å². The highest BCUT2D eigenvalue weighted by atomic mass is 16.6. The molecule has 1 aliphatic rings. The second-order valence-corrected chi connectivity index (χ2v) is 12.3. The van der Waals surface area contributed by atoms with Crippen LogP contribution in [0.25, 0.3) is 11.1 Å². The van der Waals surface area contributed by atoms with Gasteiger partial charge in [0.05, 0.1) is 0 Å². The molecule has 2 atom stereocenters. The number of hydrogen-bond acceptors (Lipinski definition) is 3. The summed E-state index contributed by atoms with van der Waals surface area (Å²) in [4.78, 5) is 29.0. The van der Waals surface area contributed by atoms with Gasteiger partial charge < -0.3 is 9.64 Å². The number of Topliss-reactive ketones (excluding diaryl/α,β-unsaturated/α-hetero) is 1. The Labute approximate surface area is 250 Å². The van der Waals surface area contributed by atoms with Crippen molar-refractivity contribution in [3.05, 3.63) is 132 Å². The van der Waals surface area contributed by atoms with Gasteiger partial charge in [-0.1, -0.05) is 115 Å². The van der Waals surface area contributed by atoms with Crippen LogP contribution in [0.15, 0.2) is 115 Å². The average Bonchev–Trinajstić information content (AvgIpc) is 3.01. The van der Waals surface area contributed by atoms with Crippen LogP contribution in [0, 0.1) is 5.92 Å². The molecule has 1 amide bonds. The average molecular weight is 560 g/mol. The highest BCUT2D eigenvalue weighted by Crippen LogP contribution is 2.38. The predicted molar refractivity (Wildman–Crippen MR) is 170 cm³/mol. The molecule has 0 N–H and O–H groups in total. The van der Waals surface area contributed by atoms with Crippen LogP contribution in [0.3, 0.4) is 0 Å². The summed E-state index contributed by atoms with van der Waals surface area (Å²) >= 11 is 0. The number of hydrogen-bond donors (Lipinski definition) is 0. The minimum Gasteiger partial charge on any atom is -0.444 e. The normalized spacial score (nSPS) is 17.2. The molecule has 216 valence electrons. The van der Waals surface area contributed by atoms with Crippen molar-refractivity contribution in [2.45, 2.75) is 57.5 Å². The quantitative estimate of drug-likeness (QED) is 0.217. The van der Waals surface area contributed by atoms with Crippen molar-refractivity contribution in [2.24, 2.45) is 5.92 Å². The SMILES string of the molecule is CC(C)(C)OC(=O)N1CC[C@H](c2cccc(-c3ccccc3)c2)[C@@H](C(=O)CCC(c2ccccc2)c2ccccc2)C1. The lowest BCUT2D eigenvalue weighted by atomic mass is 9.76. The number of ketones is 1. The highest BCUT2D eigenvalue weighted by molar-refractivity contribution is 5.83. The zero-order chi connectivity index (χ0) is 29.5. The Morgan fingerprint density at radius 3 is 1.95 bits per heavy atom. The number of likely N-dealkylation sites (tertiary alicyclic amines) is 1. The molecule has 4 aromatic rings. The summed E-state index contributed by atoms with van der Waals surface area (Å²) in [7, 11) is 0. The summed E-state index contributed by atoms with van der Waals surface area (Å²) in [5, 5.41) is 0. The first kappa shape index (κ1) is 29.3. The fraction of sp³-hybridized carbons (Fsp3) is 0.316. The van der Waals surface area contributed by atoms with Crippen LogP contribution in [0.4, 0.5) is 4.79 Å². The zero-order valence-corrected chi connectivity index (χ0v) is 24.9. The molecular weight excluding hydrogens is 518 g/mol. The van der Waals surface area contributed by atoms with E-state index in [9.17, 15) is 9.59 Å². The molecule has 1 saturated heterocycles. The van der Waals surface area contributed by atoms with Crippen molar-refractivity contribution in [1.29, 1.82) is 0 Å². The molecule has 0 unspecified atom stereocenters. The van der Waals surface area contributed by atoms with E-state index in [0.717, 1.165) is 16.7 Å². The summed E-state index contributed by atoms with van der Waals surface area (Å²) in [5.41, 5.74) is 5.28. The molecule has 4 aromatic carbocycles. The maximum absolute atomic E-state index is 14.2. The van der Waals surface area contributed by atoms with Crippen molar-refractivity contribution in [1.82, 2.24) is 4.90 Å². The summed E-state index contributed by atoms with van der Waals surface area (Å²) < 4.78 is 5.71. The lowest BCUT2D eigenvalue weighted by molar-refractivity contribution is -0.125. The van der Waals surface area contributed by atoms with Gasteiger partial charge in [-0.25, -0.2) is 4.79 Å². The van der Waals surface area contributed by atoms with E-state index >= 15 is 0 Å². The molecule has 1 heterocycles. The molecule has 4 heteroatoms. The number of rotatable bonds is 8. The number of carbonyl (C=O) groups is 2. The molecule has 42 heavy (non-hydrogen) atoms. The monoisotopic (exact) mass is 559 g/mol. The summed E-state index contributed by atoms with van der Waals surface area (Å²) in [5.74, 6) is 0.0632. The van der Waals surface area contributed by atoms with Crippen LogP contribution in [-0.4, -0.2) is 35.5 Å². The standard InChI is InChI=1S/C38H41NO3/c1-38(2,3)42-37(41)39-25-24-34(32-21-13-20-31(26-32)28-14-7-4-8-15-28)35(27-39)36(40)23-22-33(29-16-9-5-10-17-29)30-18-11-6-12-19-30/h4-21,26,33-35H,22-25,27H2,1-3H3/t34-,35+/m1/s1. The second kappa shape index (κ2) is 13.2. The van der Waals surface area contributed by atoms with E-state index in [4.69, 9.17) is 4.74 Å². The summed E-state index contributed by atoms with van der Waals surface area (Å²) in [6, 6.07) is 39.8. The van der Waals surface area contributed by atoms with Crippen LogP contribution < -0.4 is 0 Å². The Hall–Kier alpha value is -4.18. The highest BCUT2D eigenvalue weighted by Gasteiger charge is 2.38. The molecule has 0 aliphatic carbocycles. The Morgan fingerprint density at radius 1 is 0.786 bits per heavy atom. The maximum atomic E-state index is 14.2. The Morgan fingerprint density at radius 2 is 1.36 bits per heavy atom. The van der Waals surface area contributed by atoms with Gasteiger partial charge in [0.2, 0.25) is 0 Å². The first-order chi connectivity index (χ1) is 20.3. The van der Waals surface area contributed by atoms with Crippen molar-refractivity contribution >= 4 is 11.9 Å². The Kier molecular flexibility index (Phi) is 9.22. The van der Waals surface area contributed by atoms with E-state index in [0.29, 0.717) is 32.4 Å². The minimum absolute atomic E-state index is 0.0340. The molecule has 4 nitrogen and oxygen atoms in total. The van der Waals surface area contributed by atoms with E-state index in [2.05, 4.69) is 84.9 Å². The number of amides is 1. The van der Waals surface area contributed by atoms with Crippen molar-refractivity contribution in [3.63, 3.8) is 0 Å². The molecule has 0 saturated carbocycles. The zero-order valence-electron chi connectivity index (χ0n) is 24.9. The third-order valence-electron chi connectivity index (χ3n) is 8.18. The lowest BCUT2D eigenvalue weighted by Crippen LogP contribution is -2.47. The minimum atomic E-state index is -0.587. The fourth-order valence-electron chi connectivity index (χ4n) is 6.12. The van der Waals surface area contributed by atoms with E-state index in [-0.39, 0.29) is 29.6 Å². The molecule has 0 spiro atoms. The van der Waals surface area contributed by atoms with Gasteiger partial charge in [0.25, 0.3) is 0 Å². The molecule has 1 fully saturated rings. The predicted octanol–water partition coefficient (Wildman–Crippen LogP) is 8.88. The first-order valence-electron chi connectivity index (χ1n) is 15.0. The van der Waals surface area contributed by atoms with E-state index in [1.165, 1.54) is 11.1 Å². The number of ether oxygens (including phenoxy) is 1. The van der Waals surface area contributed by atoms with E-state index in [1.807, 2.05) is 51.1 Å². The largest absolute Gasteiger partial charge is 0.444 e. The van der Waals surface area contributed by atoms with Gasteiger partial charge >= 0.3 is 6.09 Å². The van der Waals surface area contributed by atoms with Crippen molar-refractivity contribution in [3.8, 4) is 11.1 Å². The smallest absolute Gasteiger partial charge is 0.410 e. The molecular formula is C38H41NO3. The number of nitrogens with zero attached hydrogens (tertiary/aromatic N) is 1. The van der Waals surface area contributed by atoms with Crippen LogP contribution in [0.5, 0.6) is 0 Å². The Balaban J connectivity index is 1.41. The fourth-order valence-corrected chi connectivity index (χ4v) is 6.12. The first-order valence-corrected chi connectivity index (χ1v) is 15.0. The van der Waals surface area contributed by atoms with E-state index in [1.54, 1.807) is 4.90 Å².